The molecule has 148 valence electrons. The summed E-state index contributed by atoms with van der Waals surface area (Å²) in [5.41, 5.74) is 2.80. The van der Waals surface area contributed by atoms with E-state index in [1.807, 2.05) is 36.4 Å². The van der Waals surface area contributed by atoms with E-state index in [-0.39, 0.29) is 11.8 Å². The molecule has 0 spiro atoms. The third kappa shape index (κ3) is 5.55. The summed E-state index contributed by atoms with van der Waals surface area (Å²) in [4.78, 5) is 28.0. The number of rotatable bonds is 7. The molecule has 3 rings (SSSR count). The van der Waals surface area contributed by atoms with Crippen LogP contribution in [0.1, 0.15) is 22.8 Å². The van der Waals surface area contributed by atoms with Crippen molar-refractivity contribution in [3.8, 4) is 5.75 Å². The van der Waals surface area contributed by atoms with Gasteiger partial charge >= 0.3 is 0 Å². The molecule has 0 unspecified atom stereocenters. The molecule has 1 heterocycles. The zero-order valence-electron chi connectivity index (χ0n) is 16.2. The van der Waals surface area contributed by atoms with Crippen LogP contribution in [0.25, 0.3) is 0 Å². The maximum absolute atomic E-state index is 12.5. The number of pyridine rings is 1. The highest BCUT2D eigenvalue weighted by Gasteiger charge is 2.09. The average Bonchev–Trinajstić information content (AvgIpc) is 2.72. The van der Waals surface area contributed by atoms with Crippen LogP contribution in [0.15, 0.2) is 66.9 Å². The molecule has 0 aliphatic rings. The van der Waals surface area contributed by atoms with Crippen LogP contribution in [-0.2, 0) is 11.3 Å². The molecule has 0 saturated heterocycles. The quantitative estimate of drug-likeness (QED) is 0.572. The Bertz CT molecular complexity index is 1020. The van der Waals surface area contributed by atoms with Crippen LogP contribution >= 0.6 is 0 Å². The van der Waals surface area contributed by atoms with Crippen molar-refractivity contribution >= 4 is 29.0 Å². The summed E-state index contributed by atoms with van der Waals surface area (Å²) < 4.78 is 5.30. The second-order valence-electron chi connectivity index (χ2n) is 6.31. The standard InChI is InChI=1S/C22H22N4O3/c1-15(27)25-18-7-5-8-19(13-18)26-21-12-16(10-11-23-21)22(28)24-14-17-6-3-4-9-20(17)29-2/h3-13H,14H2,1-2H3,(H,23,26)(H,24,28)(H,25,27). The molecule has 0 saturated carbocycles. The molecule has 0 radical (unpaired) electrons. The van der Waals surface area contributed by atoms with Crippen molar-refractivity contribution in [3.05, 3.63) is 78.0 Å². The SMILES string of the molecule is COc1ccccc1CNC(=O)c1ccnc(Nc2cccc(NC(C)=O)c2)c1. The van der Waals surface area contributed by atoms with Gasteiger partial charge in [0.05, 0.1) is 7.11 Å². The Hall–Kier alpha value is -3.87. The molecule has 0 fully saturated rings. The highest BCUT2D eigenvalue weighted by atomic mass is 16.5. The lowest BCUT2D eigenvalue weighted by Crippen LogP contribution is -2.23. The summed E-state index contributed by atoms with van der Waals surface area (Å²) in [6.45, 7) is 1.81. The minimum atomic E-state index is -0.214. The molecule has 0 aliphatic heterocycles. The van der Waals surface area contributed by atoms with E-state index in [1.54, 1.807) is 37.6 Å². The fraction of sp³-hybridized carbons (Fsp3) is 0.136. The van der Waals surface area contributed by atoms with Crippen LogP contribution in [0.3, 0.4) is 0 Å². The lowest BCUT2D eigenvalue weighted by Gasteiger charge is -2.11. The summed E-state index contributed by atoms with van der Waals surface area (Å²) in [5.74, 6) is 0.890. The number of carbonyl (C=O) groups is 2. The highest BCUT2D eigenvalue weighted by molar-refractivity contribution is 5.95. The number of anilines is 3. The predicted molar refractivity (Wildman–Crippen MR) is 112 cm³/mol. The Kier molecular flexibility index (Phi) is 6.42. The van der Waals surface area contributed by atoms with Gasteiger partial charge in [-0.3, -0.25) is 9.59 Å². The molecule has 3 N–H and O–H groups in total. The van der Waals surface area contributed by atoms with Crippen molar-refractivity contribution in [1.29, 1.82) is 0 Å². The molecule has 7 heteroatoms. The Morgan fingerprint density at radius 3 is 2.59 bits per heavy atom. The van der Waals surface area contributed by atoms with Gasteiger partial charge in [0.2, 0.25) is 5.91 Å². The van der Waals surface area contributed by atoms with Crippen molar-refractivity contribution in [2.45, 2.75) is 13.5 Å². The number of aromatic nitrogens is 1. The number of para-hydroxylation sites is 1. The molecular formula is C22H22N4O3. The van der Waals surface area contributed by atoms with E-state index in [0.717, 1.165) is 17.0 Å². The van der Waals surface area contributed by atoms with Crippen LogP contribution in [-0.4, -0.2) is 23.9 Å². The molecule has 0 atom stereocenters. The predicted octanol–water partition coefficient (Wildman–Crippen LogP) is 3.72. The molecule has 2 aromatic carbocycles. The lowest BCUT2D eigenvalue weighted by atomic mass is 10.2. The fourth-order valence-corrected chi connectivity index (χ4v) is 2.79. The molecular weight excluding hydrogens is 368 g/mol. The third-order valence-electron chi connectivity index (χ3n) is 4.11. The second-order valence-corrected chi connectivity index (χ2v) is 6.31. The van der Waals surface area contributed by atoms with E-state index >= 15 is 0 Å². The van der Waals surface area contributed by atoms with Crippen LogP contribution in [0, 0.1) is 0 Å². The van der Waals surface area contributed by atoms with Gasteiger partial charge in [-0.05, 0) is 36.4 Å². The van der Waals surface area contributed by atoms with Gasteiger partial charge in [-0.2, -0.15) is 0 Å². The minimum Gasteiger partial charge on any atom is -0.496 e. The normalized spacial score (nSPS) is 10.1. The first kappa shape index (κ1) is 19.9. The third-order valence-corrected chi connectivity index (χ3v) is 4.11. The highest BCUT2D eigenvalue weighted by Crippen LogP contribution is 2.20. The maximum atomic E-state index is 12.5. The van der Waals surface area contributed by atoms with Crippen molar-refractivity contribution in [3.63, 3.8) is 0 Å². The Balaban J connectivity index is 1.67. The topological polar surface area (TPSA) is 92.3 Å². The van der Waals surface area contributed by atoms with Gasteiger partial charge in [-0.15, -0.1) is 0 Å². The number of carbonyl (C=O) groups excluding carboxylic acids is 2. The molecule has 0 bridgehead atoms. The van der Waals surface area contributed by atoms with Crippen LogP contribution in [0.4, 0.5) is 17.2 Å². The Labute approximate surface area is 169 Å². The molecule has 2 amide bonds. The van der Waals surface area contributed by atoms with Crippen molar-refractivity contribution < 1.29 is 14.3 Å². The van der Waals surface area contributed by atoms with E-state index in [2.05, 4.69) is 20.9 Å². The summed E-state index contributed by atoms with van der Waals surface area (Å²) in [6, 6.07) is 18.1. The maximum Gasteiger partial charge on any atom is 0.251 e. The summed E-state index contributed by atoms with van der Waals surface area (Å²) in [6.07, 6.45) is 1.57. The molecule has 3 aromatic rings. The van der Waals surface area contributed by atoms with Crippen LogP contribution in [0.5, 0.6) is 5.75 Å². The molecule has 7 nitrogen and oxygen atoms in total. The van der Waals surface area contributed by atoms with Crippen LogP contribution < -0.4 is 20.7 Å². The monoisotopic (exact) mass is 390 g/mol. The van der Waals surface area contributed by atoms with Gasteiger partial charge in [-0.25, -0.2) is 4.98 Å². The van der Waals surface area contributed by atoms with Gasteiger partial charge in [0.25, 0.3) is 5.91 Å². The summed E-state index contributed by atoms with van der Waals surface area (Å²) in [5, 5.41) is 8.76. The number of ether oxygens (including phenoxy) is 1. The number of methoxy groups -OCH3 is 1. The number of hydrogen-bond acceptors (Lipinski definition) is 5. The van der Waals surface area contributed by atoms with E-state index in [0.29, 0.717) is 23.6 Å². The number of nitrogens with zero attached hydrogens (tertiary/aromatic N) is 1. The molecule has 0 aliphatic carbocycles. The minimum absolute atomic E-state index is 0.144. The average molecular weight is 390 g/mol. The smallest absolute Gasteiger partial charge is 0.251 e. The number of benzene rings is 2. The van der Waals surface area contributed by atoms with E-state index in [9.17, 15) is 9.59 Å². The second kappa shape index (κ2) is 9.36. The number of nitrogens with one attached hydrogen (secondary N) is 3. The van der Waals surface area contributed by atoms with E-state index in [4.69, 9.17) is 4.74 Å². The first-order chi connectivity index (χ1) is 14.0. The lowest BCUT2D eigenvalue weighted by molar-refractivity contribution is -0.114. The van der Waals surface area contributed by atoms with Crippen molar-refractivity contribution in [2.75, 3.05) is 17.7 Å². The van der Waals surface area contributed by atoms with E-state index < -0.39 is 0 Å². The Morgan fingerprint density at radius 1 is 1.00 bits per heavy atom. The summed E-state index contributed by atoms with van der Waals surface area (Å²) >= 11 is 0. The van der Waals surface area contributed by atoms with Crippen LogP contribution in [0.2, 0.25) is 0 Å². The number of hydrogen-bond donors (Lipinski definition) is 3. The van der Waals surface area contributed by atoms with Gasteiger partial charge in [0, 0.05) is 42.2 Å². The zero-order chi connectivity index (χ0) is 20.6. The zero-order valence-corrected chi connectivity index (χ0v) is 16.2. The first-order valence-corrected chi connectivity index (χ1v) is 9.06. The van der Waals surface area contributed by atoms with Crippen molar-refractivity contribution in [1.82, 2.24) is 10.3 Å². The van der Waals surface area contributed by atoms with E-state index in [1.165, 1.54) is 6.92 Å². The van der Waals surface area contributed by atoms with Gasteiger partial charge in [0.15, 0.2) is 0 Å². The van der Waals surface area contributed by atoms with Gasteiger partial charge in [0.1, 0.15) is 11.6 Å². The first-order valence-electron chi connectivity index (χ1n) is 9.06. The van der Waals surface area contributed by atoms with Gasteiger partial charge < -0.3 is 20.7 Å². The Morgan fingerprint density at radius 2 is 1.79 bits per heavy atom. The van der Waals surface area contributed by atoms with Crippen molar-refractivity contribution in [2.24, 2.45) is 0 Å². The van der Waals surface area contributed by atoms with Gasteiger partial charge in [-0.1, -0.05) is 24.3 Å². The fourth-order valence-electron chi connectivity index (χ4n) is 2.79. The molecule has 29 heavy (non-hydrogen) atoms. The summed E-state index contributed by atoms with van der Waals surface area (Å²) in [7, 11) is 1.60. The molecule has 1 aromatic heterocycles. The largest absolute Gasteiger partial charge is 0.496 e. The number of amides is 2.